The van der Waals surface area contributed by atoms with E-state index < -0.39 is 41.5 Å². The molecule has 5 rings (SSSR count). The summed E-state index contributed by atoms with van der Waals surface area (Å²) in [6, 6.07) is 28.6. The number of methoxy groups -OCH3 is 1. The van der Waals surface area contributed by atoms with Gasteiger partial charge in [-0.3, -0.25) is 23.7 Å². The van der Waals surface area contributed by atoms with Gasteiger partial charge >= 0.3 is 11.7 Å². The van der Waals surface area contributed by atoms with Crippen LogP contribution in [0.3, 0.4) is 0 Å². The van der Waals surface area contributed by atoms with Crippen LogP contribution in [-0.4, -0.2) is 63.2 Å². The van der Waals surface area contributed by atoms with Gasteiger partial charge in [0.25, 0.3) is 0 Å². The summed E-state index contributed by atoms with van der Waals surface area (Å²) in [5, 5.41) is 9.51. The number of carboxylic acid groups (broad SMARTS) is 1. The molecule has 3 aromatic carbocycles. The topological polar surface area (TPSA) is 136 Å². The zero-order chi connectivity index (χ0) is 34.5. The second-order valence-corrected chi connectivity index (χ2v) is 12.6. The summed E-state index contributed by atoms with van der Waals surface area (Å²) in [5.74, 6) is -1.98. The number of hydrogen-bond acceptors (Lipinski definition) is 7. The van der Waals surface area contributed by atoms with Gasteiger partial charge in [-0.05, 0) is 40.3 Å². The zero-order valence-corrected chi connectivity index (χ0v) is 27.1. The number of amides is 1. The highest BCUT2D eigenvalue weighted by Gasteiger charge is 2.40. The number of aliphatic carboxylic acids is 1. The maximum Gasteiger partial charge on any atom is 0.348 e. The van der Waals surface area contributed by atoms with E-state index in [1.54, 1.807) is 13.2 Å². The number of Topliss-reactive ketones (excluding diaryl/α,β-unsaturated/α-hetero) is 2. The molecule has 246 valence electrons. The fraction of sp³-hybridized carbons (Fsp3) is 0.263. The van der Waals surface area contributed by atoms with Crippen LogP contribution in [0, 0.1) is 5.41 Å². The van der Waals surface area contributed by atoms with E-state index >= 15 is 0 Å². The average Bonchev–Trinajstić information content (AvgIpc) is 3.06. The lowest BCUT2D eigenvalue weighted by atomic mass is 9.67. The fourth-order valence-corrected chi connectivity index (χ4v) is 6.29. The summed E-state index contributed by atoms with van der Waals surface area (Å²) in [4.78, 5) is 69.5. The summed E-state index contributed by atoms with van der Waals surface area (Å²) < 4.78 is 6.52. The van der Waals surface area contributed by atoms with Crippen molar-refractivity contribution >= 4 is 23.4 Å². The van der Waals surface area contributed by atoms with Gasteiger partial charge in [-0.15, -0.1) is 0 Å². The Kier molecular flexibility index (Phi) is 9.84. The Hall–Kier alpha value is -5.64. The standard InChI is InChI=1S/C38H37N3O7/c1-37(2)22-31(42)30(32(43)23-37)18-20-40(25-35(45)46)34(44)24-41-21-19-33(39-36(41)47)38(26-10-6-4-7-11-26,27-12-8-5-9-13-27)28-14-16-29(48-3)17-15-28/h4-19,21H,20,22-25H2,1-3H3,(H,45,46). The minimum absolute atomic E-state index is 0.0302. The van der Waals surface area contributed by atoms with Gasteiger partial charge in [-0.1, -0.05) is 92.7 Å². The SMILES string of the molecule is COc1ccc(C(c2ccccc2)(c2ccccc2)c2ccn(CC(=O)N(CC=C3C(=O)CC(C)(C)CC3=O)CC(=O)O)c(=O)n2)cc1. The summed E-state index contributed by atoms with van der Waals surface area (Å²) in [5.41, 5.74) is 0.744. The highest BCUT2D eigenvalue weighted by atomic mass is 16.5. The lowest BCUT2D eigenvalue weighted by molar-refractivity contribution is -0.144. The van der Waals surface area contributed by atoms with Gasteiger partial charge < -0.3 is 14.7 Å². The maximum atomic E-state index is 13.7. The van der Waals surface area contributed by atoms with Crippen LogP contribution in [0.2, 0.25) is 0 Å². The number of nitrogens with zero attached hydrogens (tertiary/aromatic N) is 3. The molecule has 10 nitrogen and oxygen atoms in total. The molecular weight excluding hydrogens is 610 g/mol. The van der Waals surface area contributed by atoms with Crippen molar-refractivity contribution in [3.8, 4) is 5.75 Å². The quantitative estimate of drug-likeness (QED) is 0.144. The zero-order valence-electron chi connectivity index (χ0n) is 27.1. The number of allylic oxidation sites excluding steroid dienone is 1. The van der Waals surface area contributed by atoms with Crippen LogP contribution in [0.1, 0.15) is 49.1 Å². The monoisotopic (exact) mass is 647 g/mol. The largest absolute Gasteiger partial charge is 0.497 e. The molecule has 1 aliphatic carbocycles. The van der Waals surface area contributed by atoms with E-state index in [0.29, 0.717) is 11.4 Å². The molecule has 0 bridgehead atoms. The summed E-state index contributed by atoms with van der Waals surface area (Å²) >= 11 is 0. The van der Waals surface area contributed by atoms with Crippen molar-refractivity contribution in [2.24, 2.45) is 5.41 Å². The van der Waals surface area contributed by atoms with E-state index in [9.17, 15) is 29.1 Å². The van der Waals surface area contributed by atoms with Gasteiger partial charge in [-0.2, -0.15) is 4.98 Å². The van der Waals surface area contributed by atoms with Crippen LogP contribution >= 0.6 is 0 Å². The van der Waals surface area contributed by atoms with Crippen molar-refractivity contribution in [1.29, 1.82) is 0 Å². The average molecular weight is 648 g/mol. The first-order valence-corrected chi connectivity index (χ1v) is 15.5. The molecule has 4 aromatic rings. The van der Waals surface area contributed by atoms with E-state index in [1.807, 2.05) is 98.8 Å². The van der Waals surface area contributed by atoms with Crippen LogP contribution in [0.4, 0.5) is 0 Å². The Balaban J connectivity index is 1.52. The maximum absolute atomic E-state index is 13.7. The fourth-order valence-electron chi connectivity index (χ4n) is 6.29. The number of rotatable bonds is 11. The molecule has 10 heteroatoms. The molecule has 1 fully saturated rings. The third kappa shape index (κ3) is 7.02. The third-order valence-corrected chi connectivity index (χ3v) is 8.57. The highest BCUT2D eigenvalue weighted by Crippen LogP contribution is 2.44. The molecule has 48 heavy (non-hydrogen) atoms. The van der Waals surface area contributed by atoms with Gasteiger partial charge in [0.05, 0.1) is 23.8 Å². The van der Waals surface area contributed by atoms with E-state index in [2.05, 4.69) is 4.98 Å². The van der Waals surface area contributed by atoms with Crippen LogP contribution in [0.25, 0.3) is 0 Å². The van der Waals surface area contributed by atoms with Crippen molar-refractivity contribution in [3.05, 3.63) is 142 Å². The predicted octanol–water partition coefficient (Wildman–Crippen LogP) is 4.43. The lowest BCUT2D eigenvalue weighted by Crippen LogP contribution is -2.41. The molecule has 1 N–H and O–H groups in total. The van der Waals surface area contributed by atoms with Gasteiger partial charge in [0.1, 0.15) is 18.8 Å². The molecule has 0 radical (unpaired) electrons. The smallest absolute Gasteiger partial charge is 0.348 e. The molecule has 1 amide bonds. The minimum Gasteiger partial charge on any atom is -0.497 e. The number of aromatic nitrogens is 2. The van der Waals surface area contributed by atoms with Crippen molar-refractivity contribution in [2.75, 3.05) is 20.2 Å². The van der Waals surface area contributed by atoms with Crippen molar-refractivity contribution in [3.63, 3.8) is 0 Å². The van der Waals surface area contributed by atoms with E-state index in [-0.39, 0.29) is 36.5 Å². The molecule has 1 aromatic heterocycles. The second-order valence-electron chi connectivity index (χ2n) is 12.6. The Morgan fingerprint density at radius 2 is 1.42 bits per heavy atom. The predicted molar refractivity (Wildman–Crippen MR) is 179 cm³/mol. The molecule has 1 heterocycles. The molecule has 0 atom stereocenters. The van der Waals surface area contributed by atoms with Gasteiger partial charge in [0, 0.05) is 25.6 Å². The van der Waals surface area contributed by atoms with E-state index in [4.69, 9.17) is 4.74 Å². The van der Waals surface area contributed by atoms with Gasteiger partial charge in [0.15, 0.2) is 11.6 Å². The number of carbonyl (C=O) groups is 4. The number of ketones is 2. The van der Waals surface area contributed by atoms with Crippen molar-refractivity contribution in [2.45, 2.75) is 38.6 Å². The lowest BCUT2D eigenvalue weighted by Gasteiger charge is -2.35. The van der Waals surface area contributed by atoms with Gasteiger partial charge in [0.2, 0.25) is 5.91 Å². The van der Waals surface area contributed by atoms with Crippen LogP contribution in [-0.2, 0) is 31.1 Å². The van der Waals surface area contributed by atoms with Crippen molar-refractivity contribution in [1.82, 2.24) is 14.5 Å². The van der Waals surface area contributed by atoms with E-state index in [1.165, 1.54) is 12.3 Å². The summed E-state index contributed by atoms with van der Waals surface area (Å²) in [6.07, 6.45) is 3.14. The number of benzene rings is 3. The van der Waals surface area contributed by atoms with Crippen molar-refractivity contribution < 1.29 is 29.0 Å². The molecule has 1 saturated carbocycles. The molecule has 0 unspecified atom stereocenters. The molecule has 0 saturated heterocycles. The first-order valence-electron chi connectivity index (χ1n) is 15.5. The first-order chi connectivity index (χ1) is 22.9. The van der Waals surface area contributed by atoms with Crippen LogP contribution < -0.4 is 10.4 Å². The Labute approximate surface area is 278 Å². The molecule has 1 aliphatic rings. The highest BCUT2D eigenvalue weighted by molar-refractivity contribution is 6.22. The number of carboxylic acids is 1. The minimum atomic E-state index is -1.28. The first kappa shape index (κ1) is 33.7. The molecular formula is C38H37N3O7. The summed E-state index contributed by atoms with van der Waals surface area (Å²) in [7, 11) is 1.59. The molecule has 0 aliphatic heterocycles. The normalized spacial score (nSPS) is 14.4. The third-order valence-electron chi connectivity index (χ3n) is 8.57. The van der Waals surface area contributed by atoms with E-state index in [0.717, 1.165) is 26.2 Å². The second kappa shape index (κ2) is 14.0. The Morgan fingerprint density at radius 1 is 0.875 bits per heavy atom. The number of hydrogen-bond donors (Lipinski definition) is 1. The number of carbonyl (C=O) groups excluding carboxylic acids is 3. The summed E-state index contributed by atoms with van der Waals surface area (Å²) in [6.45, 7) is 2.21. The number of ether oxygens (including phenoxy) is 1. The van der Waals surface area contributed by atoms with Crippen LogP contribution in [0.5, 0.6) is 5.75 Å². The van der Waals surface area contributed by atoms with Gasteiger partial charge in [-0.25, -0.2) is 4.79 Å². The Morgan fingerprint density at radius 3 is 1.92 bits per heavy atom. The Bertz CT molecular complexity index is 1850. The van der Waals surface area contributed by atoms with Crippen LogP contribution in [0.15, 0.2) is 114 Å². The molecule has 0 spiro atoms.